The first-order valence-electron chi connectivity index (χ1n) is 6.04. The smallest absolute Gasteiger partial charge is 0.150 e. The Balaban J connectivity index is 1.96. The van der Waals surface area contributed by atoms with Gasteiger partial charge < -0.3 is 4.90 Å². The Morgan fingerprint density at radius 3 is 2.79 bits per heavy atom. The lowest BCUT2D eigenvalue weighted by Gasteiger charge is -2.18. The number of rotatable bonds is 3. The number of aromatic nitrogens is 3. The molecule has 19 heavy (non-hydrogen) atoms. The van der Waals surface area contributed by atoms with Crippen LogP contribution in [-0.4, -0.2) is 22.0 Å². The molecule has 3 aromatic heterocycles. The molecule has 0 aromatic carbocycles. The van der Waals surface area contributed by atoms with Crippen molar-refractivity contribution in [2.24, 2.45) is 0 Å². The molecule has 0 aliphatic rings. The summed E-state index contributed by atoms with van der Waals surface area (Å²) in [5, 5.41) is 2.13. The molecule has 4 nitrogen and oxygen atoms in total. The highest BCUT2D eigenvalue weighted by Crippen LogP contribution is 2.30. The first kappa shape index (κ1) is 12.0. The van der Waals surface area contributed by atoms with Crippen LogP contribution in [0.25, 0.3) is 10.2 Å². The largest absolute Gasteiger partial charge is 0.354 e. The van der Waals surface area contributed by atoms with E-state index in [9.17, 15) is 0 Å². The summed E-state index contributed by atoms with van der Waals surface area (Å²) in [6.07, 6.45) is 5.27. The molecule has 0 saturated heterocycles. The minimum Gasteiger partial charge on any atom is -0.354 e. The van der Waals surface area contributed by atoms with Crippen LogP contribution < -0.4 is 4.90 Å². The van der Waals surface area contributed by atoms with Gasteiger partial charge in [0.25, 0.3) is 0 Å². The zero-order chi connectivity index (χ0) is 13.2. The summed E-state index contributed by atoms with van der Waals surface area (Å²) in [6, 6.07) is 4.04. The number of pyridine rings is 1. The summed E-state index contributed by atoms with van der Waals surface area (Å²) < 4.78 is 1.15. The van der Waals surface area contributed by atoms with Crippen LogP contribution >= 0.6 is 11.3 Å². The summed E-state index contributed by atoms with van der Waals surface area (Å²) >= 11 is 1.70. The van der Waals surface area contributed by atoms with E-state index in [0.717, 1.165) is 22.6 Å². The fourth-order valence-corrected chi connectivity index (χ4v) is 3.11. The third-order valence-corrected chi connectivity index (χ3v) is 4.13. The molecule has 5 heteroatoms. The molecule has 0 bridgehead atoms. The van der Waals surface area contributed by atoms with Gasteiger partial charge in [-0.3, -0.25) is 4.98 Å². The van der Waals surface area contributed by atoms with Gasteiger partial charge in [0.2, 0.25) is 0 Å². The SMILES string of the molecule is Cc1csc2c(N(C)Cc3ccncc3)ncnc12. The molecule has 0 amide bonds. The van der Waals surface area contributed by atoms with Crippen molar-refractivity contribution in [3.05, 3.63) is 47.4 Å². The predicted octanol–water partition coefficient (Wildman–Crippen LogP) is 3.03. The van der Waals surface area contributed by atoms with E-state index in [0.29, 0.717) is 0 Å². The van der Waals surface area contributed by atoms with Crippen LogP contribution in [0.1, 0.15) is 11.1 Å². The van der Waals surface area contributed by atoms with E-state index in [1.165, 1.54) is 11.1 Å². The minimum atomic E-state index is 0.811. The van der Waals surface area contributed by atoms with E-state index in [2.05, 4.69) is 39.2 Å². The van der Waals surface area contributed by atoms with Gasteiger partial charge in [-0.25, -0.2) is 9.97 Å². The van der Waals surface area contributed by atoms with E-state index in [1.807, 2.05) is 24.5 Å². The van der Waals surface area contributed by atoms with Gasteiger partial charge in [-0.1, -0.05) is 0 Å². The molecule has 0 fully saturated rings. The Morgan fingerprint density at radius 1 is 1.21 bits per heavy atom. The number of aryl methyl sites for hydroxylation is 1. The first-order valence-corrected chi connectivity index (χ1v) is 6.92. The van der Waals surface area contributed by atoms with Crippen molar-refractivity contribution in [2.45, 2.75) is 13.5 Å². The van der Waals surface area contributed by atoms with Gasteiger partial charge in [0.05, 0.1) is 10.2 Å². The van der Waals surface area contributed by atoms with Crippen LogP contribution in [0.2, 0.25) is 0 Å². The molecule has 0 N–H and O–H groups in total. The van der Waals surface area contributed by atoms with Gasteiger partial charge in [-0.15, -0.1) is 11.3 Å². The second-order valence-electron chi connectivity index (χ2n) is 4.51. The van der Waals surface area contributed by atoms with E-state index < -0.39 is 0 Å². The summed E-state index contributed by atoms with van der Waals surface area (Å²) in [4.78, 5) is 15.0. The number of anilines is 1. The number of hydrogen-bond acceptors (Lipinski definition) is 5. The molecule has 0 saturated carbocycles. The van der Waals surface area contributed by atoms with Crippen molar-refractivity contribution in [1.29, 1.82) is 0 Å². The number of hydrogen-bond donors (Lipinski definition) is 0. The highest BCUT2D eigenvalue weighted by atomic mass is 32.1. The summed E-state index contributed by atoms with van der Waals surface area (Å²) in [5.74, 6) is 0.986. The number of thiophene rings is 1. The molecule has 3 aromatic rings. The molecule has 3 rings (SSSR count). The fourth-order valence-electron chi connectivity index (χ4n) is 2.07. The standard InChI is InChI=1S/C14H14N4S/c1-10-8-19-13-12(10)16-9-17-14(13)18(2)7-11-3-5-15-6-4-11/h3-6,8-9H,7H2,1-2H3. The van der Waals surface area contributed by atoms with Crippen LogP contribution in [0.4, 0.5) is 5.82 Å². The fraction of sp³-hybridized carbons (Fsp3) is 0.214. The lowest BCUT2D eigenvalue weighted by molar-refractivity contribution is 0.899. The lowest BCUT2D eigenvalue weighted by Crippen LogP contribution is -2.17. The number of fused-ring (bicyclic) bond motifs is 1. The maximum atomic E-state index is 4.43. The third-order valence-electron chi connectivity index (χ3n) is 3.04. The zero-order valence-electron chi connectivity index (χ0n) is 10.9. The van der Waals surface area contributed by atoms with Gasteiger partial charge in [-0.2, -0.15) is 0 Å². The lowest BCUT2D eigenvalue weighted by atomic mass is 10.2. The molecule has 0 aliphatic carbocycles. The Kier molecular flexibility index (Phi) is 3.13. The van der Waals surface area contributed by atoms with Gasteiger partial charge >= 0.3 is 0 Å². The van der Waals surface area contributed by atoms with Gasteiger partial charge in [-0.05, 0) is 35.6 Å². The quantitative estimate of drug-likeness (QED) is 0.733. The Bertz CT molecular complexity index is 693. The maximum absolute atomic E-state index is 4.43. The van der Waals surface area contributed by atoms with E-state index in [-0.39, 0.29) is 0 Å². The van der Waals surface area contributed by atoms with Crippen LogP contribution in [0.15, 0.2) is 36.2 Å². The molecule has 0 radical (unpaired) electrons. The van der Waals surface area contributed by atoms with E-state index in [1.54, 1.807) is 17.7 Å². The van der Waals surface area contributed by atoms with Crippen molar-refractivity contribution in [3.8, 4) is 0 Å². The molecule has 0 spiro atoms. The van der Waals surface area contributed by atoms with Crippen molar-refractivity contribution in [2.75, 3.05) is 11.9 Å². The topological polar surface area (TPSA) is 41.9 Å². The van der Waals surface area contributed by atoms with Crippen molar-refractivity contribution in [3.63, 3.8) is 0 Å². The van der Waals surface area contributed by atoms with Crippen molar-refractivity contribution in [1.82, 2.24) is 15.0 Å². The van der Waals surface area contributed by atoms with Crippen molar-refractivity contribution < 1.29 is 0 Å². The second kappa shape index (κ2) is 4.93. The molecular weight excluding hydrogens is 256 g/mol. The summed E-state index contributed by atoms with van der Waals surface area (Å²) in [5.41, 5.74) is 3.48. The first-order chi connectivity index (χ1) is 9.25. The molecule has 0 aliphatic heterocycles. The molecular formula is C14H14N4S. The molecule has 0 unspecified atom stereocenters. The van der Waals surface area contributed by atoms with E-state index >= 15 is 0 Å². The number of nitrogens with zero attached hydrogens (tertiary/aromatic N) is 4. The average Bonchev–Trinajstić information content (AvgIpc) is 2.82. The van der Waals surface area contributed by atoms with E-state index in [4.69, 9.17) is 0 Å². The maximum Gasteiger partial charge on any atom is 0.150 e. The third kappa shape index (κ3) is 2.29. The monoisotopic (exact) mass is 270 g/mol. The average molecular weight is 270 g/mol. The van der Waals surface area contributed by atoms with Crippen LogP contribution in [0.5, 0.6) is 0 Å². The summed E-state index contributed by atoms with van der Waals surface area (Å²) in [7, 11) is 2.05. The van der Waals surface area contributed by atoms with Crippen molar-refractivity contribution >= 4 is 27.4 Å². The van der Waals surface area contributed by atoms with Gasteiger partial charge in [0.15, 0.2) is 0 Å². The highest BCUT2D eigenvalue weighted by molar-refractivity contribution is 7.18. The van der Waals surface area contributed by atoms with Crippen LogP contribution in [0.3, 0.4) is 0 Å². The molecule has 96 valence electrons. The molecule has 3 heterocycles. The Morgan fingerprint density at radius 2 is 2.00 bits per heavy atom. The Hall–Kier alpha value is -2.01. The second-order valence-corrected chi connectivity index (χ2v) is 5.38. The van der Waals surface area contributed by atoms with Gasteiger partial charge in [0, 0.05) is 26.0 Å². The van der Waals surface area contributed by atoms with Gasteiger partial charge in [0.1, 0.15) is 12.1 Å². The highest BCUT2D eigenvalue weighted by Gasteiger charge is 2.12. The van der Waals surface area contributed by atoms with Crippen LogP contribution in [-0.2, 0) is 6.54 Å². The predicted molar refractivity (Wildman–Crippen MR) is 78.5 cm³/mol. The zero-order valence-corrected chi connectivity index (χ0v) is 11.7. The van der Waals surface area contributed by atoms with Crippen LogP contribution in [0, 0.1) is 6.92 Å². The Labute approximate surface area is 115 Å². The minimum absolute atomic E-state index is 0.811. The normalized spacial score (nSPS) is 10.8. The molecule has 0 atom stereocenters. The summed E-state index contributed by atoms with van der Waals surface area (Å²) in [6.45, 7) is 2.89.